The van der Waals surface area contributed by atoms with Gasteiger partial charge in [0, 0.05) is 18.7 Å². The van der Waals surface area contributed by atoms with E-state index in [1.54, 1.807) is 22.5 Å². The third-order valence-electron chi connectivity index (χ3n) is 3.11. The molecule has 0 aliphatic rings. The van der Waals surface area contributed by atoms with Crippen LogP contribution >= 0.6 is 0 Å². The third kappa shape index (κ3) is 4.57. The number of benzene rings is 1. The Morgan fingerprint density at radius 1 is 1.19 bits per heavy atom. The van der Waals surface area contributed by atoms with Crippen molar-refractivity contribution in [2.24, 2.45) is 5.73 Å². The molecule has 0 saturated carbocycles. The largest absolute Gasteiger partial charge is 0.320 e. The van der Waals surface area contributed by atoms with Crippen molar-refractivity contribution in [3.63, 3.8) is 0 Å². The molecule has 4 nitrogen and oxygen atoms in total. The van der Waals surface area contributed by atoms with Crippen LogP contribution in [0.4, 0.5) is 0 Å². The van der Waals surface area contributed by atoms with Crippen molar-refractivity contribution in [1.29, 1.82) is 0 Å². The molecule has 116 valence electrons. The second-order valence-corrected chi connectivity index (χ2v) is 6.82. The molecule has 0 atom stereocenters. The molecule has 21 heavy (non-hydrogen) atoms. The van der Waals surface area contributed by atoms with E-state index in [2.05, 4.69) is 11.8 Å². The zero-order valence-electron chi connectivity index (χ0n) is 13.0. The van der Waals surface area contributed by atoms with Gasteiger partial charge in [0.2, 0.25) is 10.0 Å². The maximum Gasteiger partial charge on any atom is 0.243 e. The lowest BCUT2D eigenvalue weighted by Crippen LogP contribution is -2.32. The van der Waals surface area contributed by atoms with E-state index in [0.717, 1.165) is 24.0 Å². The molecular weight excluding hydrogens is 284 g/mol. The molecule has 1 rings (SSSR count). The van der Waals surface area contributed by atoms with Crippen LogP contribution in [-0.4, -0.2) is 32.4 Å². The van der Waals surface area contributed by atoms with Gasteiger partial charge in [-0.25, -0.2) is 8.42 Å². The van der Waals surface area contributed by atoms with Gasteiger partial charge in [0.25, 0.3) is 0 Å². The lowest BCUT2D eigenvalue weighted by atomic mass is 10.1. The van der Waals surface area contributed by atoms with Crippen LogP contribution in [0.1, 0.15) is 37.8 Å². The topological polar surface area (TPSA) is 63.4 Å². The van der Waals surface area contributed by atoms with Gasteiger partial charge in [0.05, 0.1) is 11.4 Å². The minimum Gasteiger partial charge on any atom is -0.320 e. The number of hydrogen-bond acceptors (Lipinski definition) is 3. The van der Waals surface area contributed by atoms with Crippen molar-refractivity contribution in [3.05, 3.63) is 29.3 Å². The Hall–Kier alpha value is -1.35. The predicted octanol–water partition coefficient (Wildman–Crippen LogP) is 2.12. The smallest absolute Gasteiger partial charge is 0.243 e. The summed E-state index contributed by atoms with van der Waals surface area (Å²) >= 11 is 0. The first-order chi connectivity index (χ1) is 9.97. The van der Waals surface area contributed by atoms with Crippen molar-refractivity contribution in [1.82, 2.24) is 4.31 Å². The number of nitrogens with zero attached hydrogens (tertiary/aromatic N) is 1. The Kier molecular flexibility index (Phi) is 6.90. The summed E-state index contributed by atoms with van der Waals surface area (Å²) in [4.78, 5) is 0.334. The molecule has 0 saturated heterocycles. The predicted molar refractivity (Wildman–Crippen MR) is 86.5 cm³/mol. The van der Waals surface area contributed by atoms with E-state index in [0.29, 0.717) is 24.5 Å². The molecule has 5 heteroatoms. The Morgan fingerprint density at radius 3 is 2.29 bits per heavy atom. The van der Waals surface area contributed by atoms with E-state index in [9.17, 15) is 8.42 Å². The number of aryl methyl sites for hydroxylation is 1. The van der Waals surface area contributed by atoms with E-state index in [4.69, 9.17) is 5.73 Å². The highest BCUT2D eigenvalue weighted by molar-refractivity contribution is 7.89. The molecular formula is C16H24N2O2S. The molecule has 0 heterocycles. The van der Waals surface area contributed by atoms with Crippen LogP contribution in [0.25, 0.3) is 0 Å². The van der Waals surface area contributed by atoms with Gasteiger partial charge >= 0.3 is 0 Å². The van der Waals surface area contributed by atoms with Crippen LogP contribution < -0.4 is 5.73 Å². The number of sulfonamides is 1. The zero-order chi connectivity index (χ0) is 15.9. The van der Waals surface area contributed by atoms with Gasteiger partial charge in [-0.2, -0.15) is 4.31 Å². The van der Waals surface area contributed by atoms with Gasteiger partial charge in [-0.1, -0.05) is 25.7 Å². The van der Waals surface area contributed by atoms with Gasteiger partial charge in [0.1, 0.15) is 0 Å². The molecule has 0 aliphatic carbocycles. The van der Waals surface area contributed by atoms with Crippen molar-refractivity contribution < 1.29 is 8.42 Å². The molecule has 0 amide bonds. The highest BCUT2D eigenvalue weighted by atomic mass is 32.2. The summed E-state index contributed by atoms with van der Waals surface area (Å²) in [5, 5.41) is 0. The van der Waals surface area contributed by atoms with Crippen LogP contribution in [0.2, 0.25) is 0 Å². The Morgan fingerprint density at radius 2 is 1.81 bits per heavy atom. The normalized spacial score (nSPS) is 11.3. The molecule has 0 unspecified atom stereocenters. The third-order valence-corrected chi connectivity index (χ3v) is 5.00. The van der Waals surface area contributed by atoms with Crippen LogP contribution in [-0.2, 0) is 10.0 Å². The highest BCUT2D eigenvalue weighted by Gasteiger charge is 2.23. The second-order valence-electron chi connectivity index (χ2n) is 4.89. The first-order valence-corrected chi connectivity index (χ1v) is 8.71. The van der Waals surface area contributed by atoms with E-state index < -0.39 is 10.0 Å². The van der Waals surface area contributed by atoms with E-state index in [-0.39, 0.29) is 0 Å². The zero-order valence-corrected chi connectivity index (χ0v) is 13.8. The van der Waals surface area contributed by atoms with Gasteiger partial charge in [0.15, 0.2) is 0 Å². The summed E-state index contributed by atoms with van der Waals surface area (Å²) in [5.74, 6) is 5.73. The monoisotopic (exact) mass is 308 g/mol. The van der Waals surface area contributed by atoms with Crippen molar-refractivity contribution in [3.8, 4) is 11.8 Å². The molecule has 0 aliphatic heterocycles. The molecule has 2 N–H and O–H groups in total. The van der Waals surface area contributed by atoms with Crippen LogP contribution in [0.15, 0.2) is 23.1 Å². The molecule has 0 spiro atoms. The maximum atomic E-state index is 12.7. The second kappa shape index (κ2) is 8.18. The van der Waals surface area contributed by atoms with E-state index in [1.165, 1.54) is 0 Å². The Labute approximate surface area is 128 Å². The van der Waals surface area contributed by atoms with Crippen LogP contribution in [0.5, 0.6) is 0 Å². The first-order valence-electron chi connectivity index (χ1n) is 7.27. The van der Waals surface area contributed by atoms with Gasteiger partial charge in [-0.05, 0) is 43.5 Å². The summed E-state index contributed by atoms with van der Waals surface area (Å²) in [6.45, 7) is 7.21. The summed E-state index contributed by atoms with van der Waals surface area (Å²) in [6.07, 6.45) is 1.61. The summed E-state index contributed by atoms with van der Waals surface area (Å²) in [7, 11) is -3.42. The van der Waals surface area contributed by atoms with Gasteiger partial charge < -0.3 is 5.73 Å². The Balaban J connectivity index is 3.16. The van der Waals surface area contributed by atoms with E-state index in [1.807, 2.05) is 20.8 Å². The molecule has 0 fully saturated rings. The van der Waals surface area contributed by atoms with Crippen molar-refractivity contribution in [2.45, 2.75) is 38.5 Å². The highest BCUT2D eigenvalue weighted by Crippen LogP contribution is 2.19. The minimum atomic E-state index is -3.42. The molecule has 0 bridgehead atoms. The number of nitrogens with two attached hydrogens (primary N) is 1. The van der Waals surface area contributed by atoms with Crippen molar-refractivity contribution in [2.75, 3.05) is 19.6 Å². The summed E-state index contributed by atoms with van der Waals surface area (Å²) in [6, 6.07) is 5.07. The summed E-state index contributed by atoms with van der Waals surface area (Å²) in [5.41, 5.74) is 7.02. The van der Waals surface area contributed by atoms with Gasteiger partial charge in [-0.15, -0.1) is 0 Å². The lowest BCUT2D eigenvalue weighted by Gasteiger charge is -2.21. The maximum absolute atomic E-state index is 12.7. The average molecular weight is 308 g/mol. The quantitative estimate of drug-likeness (QED) is 0.819. The SMILES string of the molecule is CCCN(CCC)S(=O)(=O)c1ccc(C#CCN)c(C)c1. The molecule has 0 radical (unpaired) electrons. The minimum absolute atomic E-state index is 0.292. The van der Waals surface area contributed by atoms with Crippen LogP contribution in [0.3, 0.4) is 0 Å². The van der Waals surface area contributed by atoms with Crippen LogP contribution in [0, 0.1) is 18.8 Å². The standard InChI is InChI=1S/C16H24N2O2S/c1-4-11-18(12-5-2)21(19,20)16-9-8-15(7-6-10-17)14(3)13-16/h8-9,13H,4-5,10-12,17H2,1-3H3. The summed E-state index contributed by atoms with van der Waals surface area (Å²) < 4.78 is 26.9. The molecule has 0 aromatic heterocycles. The lowest BCUT2D eigenvalue weighted by molar-refractivity contribution is 0.410. The van der Waals surface area contributed by atoms with Crippen molar-refractivity contribution >= 4 is 10.0 Å². The average Bonchev–Trinajstić information content (AvgIpc) is 2.45. The Bertz CT molecular complexity index is 621. The van der Waals surface area contributed by atoms with Gasteiger partial charge in [-0.3, -0.25) is 0 Å². The first kappa shape index (κ1) is 17.7. The molecule has 1 aromatic carbocycles. The fourth-order valence-corrected chi connectivity index (χ4v) is 3.79. The number of hydrogen-bond donors (Lipinski definition) is 1. The van der Waals surface area contributed by atoms with E-state index >= 15 is 0 Å². The molecule has 1 aromatic rings. The fraction of sp³-hybridized carbons (Fsp3) is 0.500. The fourth-order valence-electron chi connectivity index (χ4n) is 2.08. The number of rotatable bonds is 6.